The molecule has 0 unspecified atom stereocenters. The second kappa shape index (κ2) is 4.32. The number of fused-ring (bicyclic) bond motifs is 1. The van der Waals surface area contributed by atoms with E-state index in [1.165, 1.54) is 7.11 Å². The highest BCUT2D eigenvalue weighted by Crippen LogP contribution is 2.33. The molecular weight excluding hydrogens is 210 g/mol. The summed E-state index contributed by atoms with van der Waals surface area (Å²) in [5.74, 6) is 0.247. The molecule has 0 N–H and O–H groups in total. The maximum atomic E-state index is 10.8. The van der Waals surface area contributed by atoms with E-state index in [2.05, 4.69) is 0 Å². The van der Waals surface area contributed by atoms with Gasteiger partial charge in [-0.2, -0.15) is 0 Å². The Bertz CT molecular complexity index is 454. The average molecular weight is 221 g/mol. The molecule has 0 amide bonds. The Kier molecular flexibility index (Phi) is 2.87. The van der Waals surface area contributed by atoms with Crippen LogP contribution in [0.2, 0.25) is 0 Å². The first kappa shape index (κ1) is 10.6. The smallest absolute Gasteiger partial charge is 0.311 e. The number of nitro benzene ring substituents is 1. The van der Waals surface area contributed by atoms with Gasteiger partial charge in [0.2, 0.25) is 5.75 Å². The van der Waals surface area contributed by atoms with Crippen molar-refractivity contribution >= 4 is 11.8 Å². The molecule has 1 aliphatic rings. The molecule has 84 valence electrons. The normalized spacial score (nSPS) is 12.6. The van der Waals surface area contributed by atoms with Crippen molar-refractivity contribution < 1.29 is 14.4 Å². The van der Waals surface area contributed by atoms with Gasteiger partial charge < -0.3 is 9.47 Å². The van der Waals surface area contributed by atoms with Gasteiger partial charge >= 0.3 is 5.69 Å². The van der Waals surface area contributed by atoms with Crippen molar-refractivity contribution in [1.82, 2.24) is 0 Å². The van der Waals surface area contributed by atoms with Gasteiger partial charge in [-0.1, -0.05) is 12.2 Å². The topological polar surface area (TPSA) is 61.6 Å². The van der Waals surface area contributed by atoms with Gasteiger partial charge in [-0.05, 0) is 23.6 Å². The monoisotopic (exact) mass is 221 g/mol. The molecule has 0 aromatic heterocycles. The van der Waals surface area contributed by atoms with Crippen LogP contribution in [-0.2, 0) is 11.2 Å². The Labute approximate surface area is 92.4 Å². The lowest BCUT2D eigenvalue weighted by Gasteiger charge is -2.07. The highest BCUT2D eigenvalue weighted by molar-refractivity contribution is 5.66. The molecule has 0 saturated heterocycles. The van der Waals surface area contributed by atoms with Crippen LogP contribution >= 0.6 is 0 Å². The second-order valence-corrected chi connectivity index (χ2v) is 3.43. The van der Waals surface area contributed by atoms with Crippen LogP contribution < -0.4 is 4.74 Å². The maximum Gasteiger partial charge on any atom is 0.311 e. The van der Waals surface area contributed by atoms with Crippen molar-refractivity contribution in [1.29, 1.82) is 0 Å². The van der Waals surface area contributed by atoms with E-state index in [9.17, 15) is 10.1 Å². The SMILES string of the molecule is COCOc1cc2c(cc1[N+](=O)[O-])CC=C2. The van der Waals surface area contributed by atoms with Crippen LogP contribution in [-0.4, -0.2) is 18.8 Å². The van der Waals surface area contributed by atoms with Gasteiger partial charge in [-0.15, -0.1) is 0 Å². The molecular formula is C11H11NO4. The highest BCUT2D eigenvalue weighted by atomic mass is 16.7. The van der Waals surface area contributed by atoms with Crippen LogP contribution in [0.4, 0.5) is 5.69 Å². The van der Waals surface area contributed by atoms with Gasteiger partial charge in [-0.3, -0.25) is 10.1 Å². The van der Waals surface area contributed by atoms with Gasteiger partial charge in [0.25, 0.3) is 0 Å². The van der Waals surface area contributed by atoms with Gasteiger partial charge in [0, 0.05) is 13.2 Å². The summed E-state index contributed by atoms with van der Waals surface area (Å²) in [7, 11) is 1.47. The summed E-state index contributed by atoms with van der Waals surface area (Å²) in [6, 6.07) is 3.23. The molecule has 0 heterocycles. The van der Waals surface area contributed by atoms with E-state index < -0.39 is 4.92 Å². The maximum absolute atomic E-state index is 10.8. The zero-order valence-electron chi connectivity index (χ0n) is 8.80. The van der Waals surface area contributed by atoms with E-state index in [4.69, 9.17) is 9.47 Å². The Hall–Kier alpha value is -1.88. The molecule has 5 heteroatoms. The summed E-state index contributed by atoms with van der Waals surface area (Å²) in [5, 5.41) is 10.8. The first-order valence-electron chi connectivity index (χ1n) is 4.82. The number of hydrogen-bond donors (Lipinski definition) is 0. The highest BCUT2D eigenvalue weighted by Gasteiger charge is 2.19. The number of ether oxygens (including phenoxy) is 2. The second-order valence-electron chi connectivity index (χ2n) is 3.43. The predicted molar refractivity (Wildman–Crippen MR) is 58.3 cm³/mol. The van der Waals surface area contributed by atoms with Gasteiger partial charge in [0.15, 0.2) is 6.79 Å². The lowest BCUT2D eigenvalue weighted by molar-refractivity contribution is -0.386. The van der Waals surface area contributed by atoms with Crippen molar-refractivity contribution in [2.24, 2.45) is 0 Å². The minimum atomic E-state index is -0.441. The molecule has 5 nitrogen and oxygen atoms in total. The third-order valence-electron chi connectivity index (χ3n) is 2.38. The molecule has 1 aliphatic carbocycles. The van der Waals surface area contributed by atoms with Crippen LogP contribution in [0.25, 0.3) is 6.08 Å². The zero-order valence-corrected chi connectivity index (χ0v) is 8.80. The lowest BCUT2D eigenvalue weighted by Crippen LogP contribution is -2.03. The molecule has 2 rings (SSSR count). The molecule has 0 atom stereocenters. The molecule has 0 fully saturated rings. The van der Waals surface area contributed by atoms with E-state index in [0.29, 0.717) is 0 Å². The number of hydrogen-bond acceptors (Lipinski definition) is 4. The van der Waals surface area contributed by atoms with Crippen LogP contribution in [0.15, 0.2) is 18.2 Å². The number of nitrogens with zero attached hydrogens (tertiary/aromatic N) is 1. The van der Waals surface area contributed by atoms with Crippen molar-refractivity contribution in [3.05, 3.63) is 39.4 Å². The van der Waals surface area contributed by atoms with Crippen molar-refractivity contribution in [2.75, 3.05) is 13.9 Å². The molecule has 0 spiro atoms. The van der Waals surface area contributed by atoms with E-state index in [1.54, 1.807) is 12.1 Å². The summed E-state index contributed by atoms with van der Waals surface area (Å²) in [5.41, 5.74) is 1.91. The van der Waals surface area contributed by atoms with Gasteiger partial charge in [-0.25, -0.2) is 0 Å². The summed E-state index contributed by atoms with van der Waals surface area (Å²) in [6.45, 7) is 0.00331. The Balaban J connectivity index is 2.39. The summed E-state index contributed by atoms with van der Waals surface area (Å²) in [6.07, 6.45) is 4.63. The number of methoxy groups -OCH3 is 1. The number of allylic oxidation sites excluding steroid dienone is 1. The Morgan fingerprint density at radius 1 is 1.50 bits per heavy atom. The molecule has 1 aromatic carbocycles. The lowest BCUT2D eigenvalue weighted by atomic mass is 10.1. The summed E-state index contributed by atoms with van der Waals surface area (Å²) < 4.78 is 9.91. The molecule has 0 radical (unpaired) electrons. The van der Waals surface area contributed by atoms with Gasteiger partial charge in [0.05, 0.1) is 4.92 Å². The predicted octanol–water partition coefficient (Wildman–Crippen LogP) is 2.15. The Morgan fingerprint density at radius 2 is 2.31 bits per heavy atom. The number of nitro groups is 1. The van der Waals surface area contributed by atoms with E-state index in [1.807, 2.05) is 12.2 Å². The largest absolute Gasteiger partial charge is 0.460 e. The number of rotatable bonds is 4. The average Bonchev–Trinajstić information content (AvgIpc) is 2.71. The fourth-order valence-corrected chi connectivity index (χ4v) is 1.65. The fourth-order valence-electron chi connectivity index (χ4n) is 1.65. The van der Waals surface area contributed by atoms with E-state index in [-0.39, 0.29) is 18.2 Å². The van der Waals surface area contributed by atoms with E-state index in [0.717, 1.165) is 17.5 Å². The summed E-state index contributed by atoms with van der Waals surface area (Å²) in [4.78, 5) is 10.4. The van der Waals surface area contributed by atoms with Crippen molar-refractivity contribution in [3.63, 3.8) is 0 Å². The zero-order chi connectivity index (χ0) is 11.5. The minimum absolute atomic E-state index is 0.00331. The minimum Gasteiger partial charge on any atom is -0.460 e. The quantitative estimate of drug-likeness (QED) is 0.444. The Morgan fingerprint density at radius 3 is 3.00 bits per heavy atom. The van der Waals surface area contributed by atoms with Crippen LogP contribution in [0, 0.1) is 10.1 Å². The first-order chi connectivity index (χ1) is 7.72. The molecule has 0 aliphatic heterocycles. The molecule has 16 heavy (non-hydrogen) atoms. The van der Waals surface area contributed by atoms with Crippen LogP contribution in [0.5, 0.6) is 5.75 Å². The van der Waals surface area contributed by atoms with Crippen molar-refractivity contribution in [3.8, 4) is 5.75 Å². The molecule has 1 aromatic rings. The molecule has 0 saturated carbocycles. The summed E-state index contributed by atoms with van der Waals surface area (Å²) >= 11 is 0. The van der Waals surface area contributed by atoms with E-state index >= 15 is 0 Å². The third kappa shape index (κ3) is 1.90. The van der Waals surface area contributed by atoms with Gasteiger partial charge in [0.1, 0.15) is 0 Å². The fraction of sp³-hybridized carbons (Fsp3) is 0.273. The van der Waals surface area contributed by atoms with Crippen LogP contribution in [0.3, 0.4) is 0 Å². The number of benzene rings is 1. The molecule has 0 bridgehead atoms. The van der Waals surface area contributed by atoms with Crippen molar-refractivity contribution in [2.45, 2.75) is 6.42 Å². The standard InChI is InChI=1S/C11H11NO4/c1-15-7-16-11-6-9-4-2-3-8(9)5-10(11)12(13)14/h2,4-6H,3,7H2,1H3. The van der Waals surface area contributed by atoms with Crippen LogP contribution in [0.1, 0.15) is 11.1 Å². The first-order valence-corrected chi connectivity index (χ1v) is 4.82. The third-order valence-corrected chi connectivity index (χ3v) is 2.38.